The van der Waals surface area contributed by atoms with Crippen LogP contribution >= 0.6 is 7.82 Å². The number of amides is 6. The molecule has 57 heavy (non-hydrogen) atoms. The van der Waals surface area contributed by atoms with Crippen molar-refractivity contribution in [2.24, 2.45) is 11.7 Å². The van der Waals surface area contributed by atoms with Gasteiger partial charge in [-0.25, -0.2) is 4.98 Å². The van der Waals surface area contributed by atoms with Crippen LogP contribution < -0.4 is 36.8 Å². The summed E-state index contributed by atoms with van der Waals surface area (Å²) in [6.45, 7) is 5.59. The van der Waals surface area contributed by atoms with Crippen LogP contribution in [0.5, 0.6) is 0 Å². The van der Waals surface area contributed by atoms with Gasteiger partial charge in [-0.1, -0.05) is 44.2 Å². The molecule has 1 aliphatic rings. The molecule has 1 saturated heterocycles. The van der Waals surface area contributed by atoms with Crippen LogP contribution in [0, 0.1) is 5.92 Å². The van der Waals surface area contributed by atoms with Gasteiger partial charge in [0.25, 0.3) is 0 Å². The zero-order valence-corrected chi connectivity index (χ0v) is 33.3. The van der Waals surface area contributed by atoms with Gasteiger partial charge in [0.05, 0.1) is 33.0 Å². The third-order valence-corrected chi connectivity index (χ3v) is 9.75. The van der Waals surface area contributed by atoms with Crippen LogP contribution in [-0.4, -0.2) is 118 Å². The Kier molecular flexibility index (Phi) is 18.2. The number of unbranched alkanes of at least 4 members (excludes halogenated alkanes) is 1. The van der Waals surface area contributed by atoms with Crippen molar-refractivity contribution in [1.29, 1.82) is 0 Å². The number of benzene rings is 1. The van der Waals surface area contributed by atoms with Crippen LogP contribution in [0.25, 0.3) is 0 Å². The first-order chi connectivity index (χ1) is 26.9. The highest BCUT2D eigenvalue weighted by Crippen LogP contribution is 2.28. The molecule has 0 aliphatic carbocycles. The molecule has 6 amide bonds. The molecular weight excluding hydrogens is 767 g/mol. The minimum atomic E-state index is -5.60. The van der Waals surface area contributed by atoms with Crippen LogP contribution in [-0.2, 0) is 55.4 Å². The molecule has 0 radical (unpaired) electrons. The van der Waals surface area contributed by atoms with E-state index in [2.05, 4.69) is 42.6 Å². The number of hydrogen-bond donors (Lipinski definition) is 7. The summed E-state index contributed by atoms with van der Waals surface area (Å²) in [5.41, 5.74) is 6.86. The number of phosphoric ester groups is 1. The van der Waals surface area contributed by atoms with Crippen molar-refractivity contribution in [3.8, 4) is 0 Å². The van der Waals surface area contributed by atoms with E-state index in [9.17, 15) is 48.2 Å². The first kappa shape index (κ1) is 46.7. The number of carbonyl (C=O) groups is 6. The van der Waals surface area contributed by atoms with Crippen molar-refractivity contribution in [3.63, 3.8) is 0 Å². The van der Waals surface area contributed by atoms with Crippen molar-refractivity contribution in [2.45, 2.75) is 109 Å². The lowest BCUT2D eigenvalue weighted by Gasteiger charge is -2.34. The quantitative estimate of drug-likeness (QED) is 0.0458. The van der Waals surface area contributed by atoms with E-state index in [0.717, 1.165) is 26.2 Å². The molecule has 8 N–H and O–H groups in total. The monoisotopic (exact) mass is 820 g/mol. The maximum absolute atomic E-state index is 13.9. The van der Waals surface area contributed by atoms with E-state index in [0.29, 0.717) is 12.3 Å². The number of aliphatic hydroxyl groups is 1. The molecule has 3 rings (SSSR count). The normalized spacial score (nSPS) is 18.2. The largest absolute Gasteiger partial charge is 0.790 e. The summed E-state index contributed by atoms with van der Waals surface area (Å²) in [7, 11) is -5.60. The molecule has 0 saturated carbocycles. The summed E-state index contributed by atoms with van der Waals surface area (Å²) in [5, 5.41) is 19.6. The van der Waals surface area contributed by atoms with Crippen LogP contribution in [0.1, 0.15) is 64.6 Å². The molecule has 316 valence electrons. The zero-order chi connectivity index (χ0) is 42.3. The lowest BCUT2D eigenvalue weighted by molar-refractivity contribution is -0.344. The van der Waals surface area contributed by atoms with Gasteiger partial charge in [0.2, 0.25) is 35.4 Å². The Bertz CT molecular complexity index is 1690. The Labute approximate surface area is 330 Å². The summed E-state index contributed by atoms with van der Waals surface area (Å²) >= 11 is 0. The van der Waals surface area contributed by atoms with Crippen molar-refractivity contribution < 1.29 is 57.5 Å². The number of aromatic nitrogens is 2. The van der Waals surface area contributed by atoms with Gasteiger partial charge in [-0.05, 0) is 44.1 Å². The zero-order valence-electron chi connectivity index (χ0n) is 32.4. The number of aryl methyl sites for hydroxylation is 1. The van der Waals surface area contributed by atoms with E-state index in [-0.39, 0.29) is 37.6 Å². The lowest BCUT2D eigenvalue weighted by atomic mass is 10.0. The second-order valence-electron chi connectivity index (χ2n) is 14.3. The summed E-state index contributed by atoms with van der Waals surface area (Å²) in [6, 6.07) is 2.92. The number of nitrogens with zero attached hydrogens (tertiary/aromatic N) is 2. The number of likely N-dealkylation sites (tertiary alicyclic amines) is 1. The predicted molar refractivity (Wildman–Crippen MR) is 199 cm³/mol. The van der Waals surface area contributed by atoms with Crippen LogP contribution in [0.4, 0.5) is 0 Å². The first-order valence-electron chi connectivity index (χ1n) is 18.6. The van der Waals surface area contributed by atoms with Gasteiger partial charge >= 0.3 is 0 Å². The van der Waals surface area contributed by atoms with Crippen molar-refractivity contribution >= 4 is 43.3 Å². The Balaban J connectivity index is 1.69. The fraction of sp³-hybridized carbons (Fsp3) is 0.583. The van der Waals surface area contributed by atoms with E-state index in [1.165, 1.54) is 29.9 Å². The molecular formula is C36H53N8O12P-2. The minimum absolute atomic E-state index is 0.121. The maximum Gasteiger partial charge on any atom is 0.245 e. The standard InChI is InChI=1S/C36H55N8O12P/c1-21(2)14-27(41-36(51)30-16-26(18-44(30)23(4)46)55-13-9-8-12-24-10-6-5-7-11-24)33(48)40-28(15-25-17-38-20-39-25)34(49)42-29(19-45)35(50)43-31(32(37)47)22(3)56-57(52,53)54/h5-7,10-11,17,20-22,26-31,45H,8-9,12-16,18-19H2,1-4H3,(H2,37,47)(H,38,39)(H,40,48)(H,41,51)(H,42,49)(H,43,50)(H2,52,53,54)/p-2/t22-,26-,27+,28+,29+,30+,31+/m1/s1. The van der Waals surface area contributed by atoms with Crippen LogP contribution in [0.15, 0.2) is 42.9 Å². The predicted octanol–water partition coefficient (Wildman–Crippen LogP) is -2.32. The van der Waals surface area contributed by atoms with E-state index in [4.69, 9.17) is 10.5 Å². The number of primary amides is 1. The lowest BCUT2D eigenvalue weighted by Crippen LogP contribution is -2.61. The Morgan fingerprint density at radius 1 is 0.982 bits per heavy atom. The highest BCUT2D eigenvalue weighted by atomic mass is 31.2. The molecule has 2 heterocycles. The summed E-state index contributed by atoms with van der Waals surface area (Å²) < 4.78 is 21.3. The molecule has 1 aromatic carbocycles. The van der Waals surface area contributed by atoms with Gasteiger partial charge in [-0.15, -0.1) is 0 Å². The second kappa shape index (κ2) is 22.3. The number of aromatic amines is 1. The highest BCUT2D eigenvalue weighted by molar-refractivity contribution is 7.43. The average Bonchev–Trinajstić information content (AvgIpc) is 3.82. The Morgan fingerprint density at radius 2 is 1.63 bits per heavy atom. The third kappa shape index (κ3) is 15.6. The second-order valence-corrected chi connectivity index (χ2v) is 15.4. The van der Waals surface area contributed by atoms with Gasteiger partial charge in [0, 0.05) is 44.8 Å². The number of aliphatic hydroxyl groups excluding tert-OH is 1. The molecule has 7 atom stereocenters. The Morgan fingerprint density at radius 3 is 2.21 bits per heavy atom. The van der Waals surface area contributed by atoms with Gasteiger partial charge in [0.15, 0.2) is 0 Å². The van der Waals surface area contributed by atoms with Crippen molar-refractivity contribution in [2.75, 3.05) is 19.8 Å². The van der Waals surface area contributed by atoms with E-state index in [1.807, 2.05) is 37.4 Å². The number of rotatable bonds is 23. The fourth-order valence-electron chi connectivity index (χ4n) is 6.31. The van der Waals surface area contributed by atoms with E-state index in [1.54, 1.807) is 0 Å². The molecule has 0 bridgehead atoms. The molecule has 2 aromatic rings. The number of hydrogen-bond acceptors (Lipinski definition) is 13. The Hall–Kier alpha value is -4.72. The molecule has 20 nitrogen and oxygen atoms in total. The molecule has 1 fully saturated rings. The number of ether oxygens (including phenoxy) is 1. The summed E-state index contributed by atoms with van der Waals surface area (Å²) in [6.07, 6.45) is 3.33. The molecule has 21 heteroatoms. The number of nitrogens with one attached hydrogen (secondary N) is 5. The first-order valence-corrected chi connectivity index (χ1v) is 20.1. The summed E-state index contributed by atoms with van der Waals surface area (Å²) in [4.78, 5) is 109. The topological polar surface area (TPSA) is 310 Å². The van der Waals surface area contributed by atoms with Gasteiger partial charge in [0.1, 0.15) is 30.2 Å². The van der Waals surface area contributed by atoms with Crippen molar-refractivity contribution in [1.82, 2.24) is 36.1 Å². The summed E-state index contributed by atoms with van der Waals surface area (Å²) in [5.74, 6) is -5.27. The number of H-pyrrole nitrogens is 1. The maximum atomic E-state index is 13.9. The van der Waals surface area contributed by atoms with Gasteiger partial charge < -0.3 is 65.6 Å². The molecule has 1 aliphatic heterocycles. The van der Waals surface area contributed by atoms with E-state index < -0.39 is 86.4 Å². The SMILES string of the molecule is CC(=O)N1C[C@H](OCCCCc2ccccc2)C[C@H]1C(=O)N[C@@H](CC(C)C)C(=O)N[C@@H](Cc1cnc[nH]1)C(=O)N[C@@H](CO)C(=O)N[C@H](C(N)=O)[C@@H](C)OP(=O)([O-])[O-]. The fourth-order valence-corrected chi connectivity index (χ4v) is 6.84. The third-order valence-electron chi connectivity index (χ3n) is 9.16. The number of phosphoric acid groups is 1. The van der Waals surface area contributed by atoms with Crippen LogP contribution in [0.3, 0.4) is 0 Å². The van der Waals surface area contributed by atoms with Gasteiger partial charge in [-0.2, -0.15) is 0 Å². The highest BCUT2D eigenvalue weighted by Gasteiger charge is 2.40. The number of carbonyl (C=O) groups excluding carboxylic acids is 6. The number of imidazole rings is 1. The molecule has 1 aromatic heterocycles. The van der Waals surface area contributed by atoms with Crippen LogP contribution in [0.2, 0.25) is 0 Å². The number of nitrogens with two attached hydrogens (primary N) is 1. The molecule has 0 spiro atoms. The minimum Gasteiger partial charge on any atom is -0.790 e. The average molecular weight is 821 g/mol. The molecule has 0 unspecified atom stereocenters. The smallest absolute Gasteiger partial charge is 0.245 e. The van der Waals surface area contributed by atoms with Gasteiger partial charge in [-0.3, -0.25) is 28.8 Å². The van der Waals surface area contributed by atoms with Crippen molar-refractivity contribution in [3.05, 3.63) is 54.1 Å². The van der Waals surface area contributed by atoms with E-state index >= 15 is 0 Å².